The molecule has 0 amide bonds. The van der Waals surface area contributed by atoms with E-state index in [0.29, 0.717) is 11.8 Å². The van der Waals surface area contributed by atoms with Gasteiger partial charge >= 0.3 is 5.69 Å². The smallest absolute Gasteiger partial charge is 0.266 e. The molecule has 1 fully saturated rings. The topological polar surface area (TPSA) is 50.7 Å². The van der Waals surface area contributed by atoms with Crippen molar-refractivity contribution in [1.82, 2.24) is 14.8 Å². The molecule has 1 saturated carbocycles. The largest absolute Gasteiger partial charge is 0.344 e. The molecule has 1 aromatic carbocycles. The second-order valence-electron chi connectivity index (χ2n) is 6.30. The molecule has 114 valence electrons. The minimum Gasteiger partial charge on any atom is -0.266 e. The van der Waals surface area contributed by atoms with E-state index in [-0.39, 0.29) is 11.7 Å². The van der Waals surface area contributed by atoms with Gasteiger partial charge < -0.3 is 0 Å². The van der Waals surface area contributed by atoms with Gasteiger partial charge in [-0.3, -0.25) is 4.57 Å². The number of hydrogen-bond acceptors (Lipinski definition) is 3. The molecule has 2 aliphatic carbocycles. The van der Waals surface area contributed by atoms with Gasteiger partial charge in [-0.15, -0.1) is 5.10 Å². The van der Waals surface area contributed by atoms with E-state index in [9.17, 15) is 4.79 Å². The number of allylic oxidation sites excluding steroid dienone is 2. The van der Waals surface area contributed by atoms with Crippen molar-refractivity contribution < 1.29 is 0 Å². The van der Waals surface area contributed by atoms with Gasteiger partial charge in [0.2, 0.25) is 0 Å². The van der Waals surface area contributed by atoms with Crippen LogP contribution in [0.4, 0.5) is 0 Å². The van der Waals surface area contributed by atoms with Crippen LogP contribution in [0.5, 0.6) is 0 Å². The standard InChI is InChI=1S/C17H19N3OS/c1-11-2-4-12(5-3-11)10-22-17-19-18-16(21)20(17)15-9-13-6-7-14(15)8-13/h2-7,13-15H,8-10H2,1H3,(H,18,21)/t13-,14+,15+/m0/s1. The molecule has 5 heteroatoms. The SMILES string of the molecule is Cc1ccc(CSc2n[nH]c(=O)n2[C@@H]2C[C@H]3C=C[C@@H]2C3)cc1. The highest BCUT2D eigenvalue weighted by Crippen LogP contribution is 2.46. The summed E-state index contributed by atoms with van der Waals surface area (Å²) < 4.78 is 1.88. The Morgan fingerprint density at radius 3 is 2.77 bits per heavy atom. The minimum absolute atomic E-state index is 0.0719. The van der Waals surface area contributed by atoms with Crippen LogP contribution in [0.3, 0.4) is 0 Å². The van der Waals surface area contributed by atoms with Crippen molar-refractivity contribution in [2.45, 2.75) is 36.7 Å². The number of aryl methyl sites for hydroxylation is 1. The Bertz CT molecular complexity index is 759. The molecule has 2 bridgehead atoms. The summed E-state index contributed by atoms with van der Waals surface area (Å²) in [6.45, 7) is 2.09. The van der Waals surface area contributed by atoms with Gasteiger partial charge in [0.1, 0.15) is 0 Å². The molecule has 0 radical (unpaired) electrons. The number of nitrogens with zero attached hydrogens (tertiary/aromatic N) is 2. The summed E-state index contributed by atoms with van der Waals surface area (Å²) >= 11 is 1.64. The van der Waals surface area contributed by atoms with E-state index >= 15 is 0 Å². The van der Waals surface area contributed by atoms with Gasteiger partial charge in [0.05, 0.1) is 0 Å². The van der Waals surface area contributed by atoms with Crippen LogP contribution in [-0.4, -0.2) is 14.8 Å². The van der Waals surface area contributed by atoms with E-state index < -0.39 is 0 Å². The van der Waals surface area contributed by atoms with Crippen LogP contribution >= 0.6 is 11.8 Å². The molecule has 0 spiro atoms. The fraction of sp³-hybridized carbons (Fsp3) is 0.412. The van der Waals surface area contributed by atoms with E-state index in [1.54, 1.807) is 11.8 Å². The van der Waals surface area contributed by atoms with Gasteiger partial charge in [0.25, 0.3) is 0 Å². The average molecular weight is 313 g/mol. The zero-order chi connectivity index (χ0) is 15.1. The van der Waals surface area contributed by atoms with Gasteiger partial charge in [0, 0.05) is 11.8 Å². The summed E-state index contributed by atoms with van der Waals surface area (Å²) in [5.74, 6) is 1.98. The average Bonchev–Trinajstić information content (AvgIpc) is 3.22. The maximum atomic E-state index is 12.2. The van der Waals surface area contributed by atoms with Crippen LogP contribution in [0.25, 0.3) is 0 Å². The van der Waals surface area contributed by atoms with Crippen LogP contribution in [0.1, 0.15) is 30.0 Å². The summed E-state index contributed by atoms with van der Waals surface area (Å²) in [4.78, 5) is 12.2. The lowest BCUT2D eigenvalue weighted by molar-refractivity contribution is 0.396. The highest BCUT2D eigenvalue weighted by molar-refractivity contribution is 7.98. The molecule has 0 unspecified atom stereocenters. The van der Waals surface area contributed by atoms with E-state index in [1.807, 2.05) is 4.57 Å². The number of thioether (sulfide) groups is 1. The van der Waals surface area contributed by atoms with Crippen molar-refractivity contribution >= 4 is 11.8 Å². The number of benzene rings is 1. The number of aromatic nitrogens is 3. The number of rotatable bonds is 4. The lowest BCUT2D eigenvalue weighted by atomic mass is 10.0. The van der Waals surface area contributed by atoms with Gasteiger partial charge in [-0.1, -0.05) is 53.7 Å². The highest BCUT2D eigenvalue weighted by atomic mass is 32.2. The first-order chi connectivity index (χ1) is 10.7. The molecule has 2 aromatic rings. The van der Waals surface area contributed by atoms with Crippen LogP contribution in [-0.2, 0) is 5.75 Å². The molecule has 0 aliphatic heterocycles. The third-order valence-corrected chi connectivity index (χ3v) is 5.76. The molecule has 0 saturated heterocycles. The molecular weight excluding hydrogens is 294 g/mol. The third kappa shape index (κ3) is 2.43. The van der Waals surface area contributed by atoms with Crippen molar-refractivity contribution in [1.29, 1.82) is 0 Å². The van der Waals surface area contributed by atoms with Crippen molar-refractivity contribution in [3.8, 4) is 0 Å². The monoisotopic (exact) mass is 313 g/mol. The Labute approximate surface area is 133 Å². The van der Waals surface area contributed by atoms with Crippen molar-refractivity contribution in [3.05, 3.63) is 58.0 Å². The van der Waals surface area contributed by atoms with Crippen molar-refractivity contribution in [3.63, 3.8) is 0 Å². The molecule has 22 heavy (non-hydrogen) atoms. The molecule has 4 rings (SSSR count). The molecule has 1 heterocycles. The van der Waals surface area contributed by atoms with Gasteiger partial charge in [-0.05, 0) is 37.2 Å². The van der Waals surface area contributed by atoms with E-state index in [4.69, 9.17) is 0 Å². The Hall–Kier alpha value is -1.75. The van der Waals surface area contributed by atoms with Gasteiger partial charge in [0.15, 0.2) is 5.16 Å². The summed E-state index contributed by atoms with van der Waals surface area (Å²) in [5, 5.41) is 7.69. The Morgan fingerprint density at radius 1 is 1.27 bits per heavy atom. The van der Waals surface area contributed by atoms with Crippen LogP contribution in [0.15, 0.2) is 46.4 Å². The summed E-state index contributed by atoms with van der Waals surface area (Å²) in [7, 11) is 0. The lowest BCUT2D eigenvalue weighted by Gasteiger charge is -2.20. The number of hydrogen-bond donors (Lipinski definition) is 1. The summed E-state index contributed by atoms with van der Waals surface area (Å²) in [6, 6.07) is 8.79. The fourth-order valence-electron chi connectivity index (χ4n) is 3.57. The normalized spacial score (nSPS) is 26.0. The Balaban J connectivity index is 1.54. The Morgan fingerprint density at radius 2 is 2.09 bits per heavy atom. The highest BCUT2D eigenvalue weighted by Gasteiger charge is 2.38. The Kier molecular flexibility index (Phi) is 3.45. The number of H-pyrrole nitrogens is 1. The van der Waals surface area contributed by atoms with Gasteiger partial charge in [-0.2, -0.15) is 0 Å². The summed E-state index contributed by atoms with van der Waals surface area (Å²) in [5.41, 5.74) is 2.45. The first-order valence-corrected chi connectivity index (χ1v) is 8.73. The van der Waals surface area contributed by atoms with Gasteiger partial charge in [-0.25, -0.2) is 9.89 Å². The quantitative estimate of drug-likeness (QED) is 0.696. The lowest BCUT2D eigenvalue weighted by Crippen LogP contribution is -2.25. The predicted octanol–water partition coefficient (Wildman–Crippen LogP) is 3.31. The second-order valence-corrected chi connectivity index (χ2v) is 7.25. The maximum absolute atomic E-state index is 12.2. The van der Waals surface area contributed by atoms with E-state index in [2.05, 4.69) is 53.5 Å². The minimum atomic E-state index is -0.0719. The number of aromatic amines is 1. The van der Waals surface area contributed by atoms with Crippen LogP contribution in [0.2, 0.25) is 0 Å². The zero-order valence-corrected chi connectivity index (χ0v) is 13.3. The molecule has 1 aromatic heterocycles. The molecule has 2 aliphatic rings. The number of fused-ring (bicyclic) bond motifs is 2. The summed E-state index contributed by atoms with van der Waals surface area (Å²) in [6.07, 6.45) is 6.82. The molecule has 3 atom stereocenters. The number of nitrogens with one attached hydrogen (secondary N) is 1. The molecule has 4 nitrogen and oxygen atoms in total. The van der Waals surface area contributed by atoms with Crippen LogP contribution < -0.4 is 5.69 Å². The van der Waals surface area contributed by atoms with Crippen molar-refractivity contribution in [2.75, 3.05) is 0 Å². The first kappa shape index (κ1) is 13.9. The predicted molar refractivity (Wildman–Crippen MR) is 88.0 cm³/mol. The second kappa shape index (κ2) is 5.47. The molecular formula is C17H19N3OS. The van der Waals surface area contributed by atoms with Crippen LogP contribution in [0, 0.1) is 18.8 Å². The molecule has 1 N–H and O–H groups in total. The zero-order valence-electron chi connectivity index (χ0n) is 12.5. The van der Waals surface area contributed by atoms with E-state index in [0.717, 1.165) is 17.3 Å². The van der Waals surface area contributed by atoms with E-state index in [1.165, 1.54) is 17.5 Å². The first-order valence-electron chi connectivity index (χ1n) is 7.74. The maximum Gasteiger partial charge on any atom is 0.344 e. The van der Waals surface area contributed by atoms with Crippen molar-refractivity contribution in [2.24, 2.45) is 11.8 Å². The third-order valence-electron chi connectivity index (χ3n) is 4.74. The fourth-order valence-corrected chi connectivity index (χ4v) is 4.52.